The predicted molar refractivity (Wildman–Crippen MR) is 113 cm³/mol. The van der Waals surface area contributed by atoms with Crippen molar-refractivity contribution in [1.82, 2.24) is 30.6 Å². The van der Waals surface area contributed by atoms with Crippen LogP contribution in [0, 0.1) is 0 Å². The van der Waals surface area contributed by atoms with E-state index in [1.807, 2.05) is 30.0 Å². The third kappa shape index (κ3) is 4.06. The first-order valence-electron chi connectivity index (χ1n) is 10.3. The number of amides is 4. The van der Waals surface area contributed by atoms with Crippen LogP contribution in [0.4, 0.5) is 10.7 Å². The van der Waals surface area contributed by atoms with Gasteiger partial charge >= 0.3 is 6.03 Å². The van der Waals surface area contributed by atoms with E-state index in [2.05, 4.69) is 25.6 Å². The number of imide groups is 1. The minimum absolute atomic E-state index is 0.0883. The van der Waals surface area contributed by atoms with E-state index in [1.54, 1.807) is 30.6 Å². The summed E-state index contributed by atoms with van der Waals surface area (Å²) in [7, 11) is 0. The SMILES string of the molecule is CCC1(c2ccccc2)NC(=O)N(NC(=O)CN2CCN(c3ncccn3)CC2)C1=O. The highest BCUT2D eigenvalue weighted by molar-refractivity contribution is 6.08. The minimum Gasteiger partial charge on any atom is -0.338 e. The van der Waals surface area contributed by atoms with Gasteiger partial charge in [-0.15, -0.1) is 0 Å². The molecular formula is C21H25N7O3. The van der Waals surface area contributed by atoms with Crippen LogP contribution >= 0.6 is 0 Å². The molecule has 1 unspecified atom stereocenters. The van der Waals surface area contributed by atoms with Crippen molar-refractivity contribution in [2.24, 2.45) is 0 Å². The van der Waals surface area contributed by atoms with Crippen molar-refractivity contribution in [1.29, 1.82) is 0 Å². The number of carbonyl (C=O) groups excluding carboxylic acids is 3. The molecular weight excluding hydrogens is 398 g/mol. The Morgan fingerprint density at radius 2 is 1.74 bits per heavy atom. The lowest BCUT2D eigenvalue weighted by Crippen LogP contribution is -2.54. The van der Waals surface area contributed by atoms with Gasteiger partial charge in [0.25, 0.3) is 11.8 Å². The number of hydrogen-bond acceptors (Lipinski definition) is 7. The molecule has 10 heteroatoms. The Hall–Kier alpha value is -3.53. The van der Waals surface area contributed by atoms with Crippen molar-refractivity contribution in [3.05, 3.63) is 54.4 Å². The normalized spacial score (nSPS) is 21.8. The highest BCUT2D eigenvalue weighted by atomic mass is 16.2. The predicted octanol–water partition coefficient (Wildman–Crippen LogP) is 0.487. The molecule has 0 aliphatic carbocycles. The Morgan fingerprint density at radius 3 is 2.39 bits per heavy atom. The molecule has 10 nitrogen and oxygen atoms in total. The zero-order valence-electron chi connectivity index (χ0n) is 17.3. The Balaban J connectivity index is 1.35. The Kier molecular flexibility index (Phi) is 5.81. The molecule has 2 N–H and O–H groups in total. The van der Waals surface area contributed by atoms with Crippen molar-refractivity contribution < 1.29 is 14.4 Å². The second-order valence-electron chi connectivity index (χ2n) is 7.54. The van der Waals surface area contributed by atoms with Gasteiger partial charge in [0, 0.05) is 38.6 Å². The number of carbonyl (C=O) groups is 3. The molecule has 0 radical (unpaired) electrons. The minimum atomic E-state index is -1.17. The highest BCUT2D eigenvalue weighted by Gasteiger charge is 2.52. The van der Waals surface area contributed by atoms with Crippen molar-refractivity contribution in [2.75, 3.05) is 37.6 Å². The van der Waals surface area contributed by atoms with E-state index in [0.717, 1.165) is 5.01 Å². The van der Waals surface area contributed by atoms with E-state index in [-0.39, 0.29) is 6.54 Å². The first-order chi connectivity index (χ1) is 15.0. The number of benzene rings is 1. The van der Waals surface area contributed by atoms with Crippen LogP contribution in [0.5, 0.6) is 0 Å². The molecule has 3 heterocycles. The van der Waals surface area contributed by atoms with Gasteiger partial charge in [-0.1, -0.05) is 37.3 Å². The lowest BCUT2D eigenvalue weighted by atomic mass is 9.87. The van der Waals surface area contributed by atoms with Crippen molar-refractivity contribution >= 4 is 23.8 Å². The van der Waals surface area contributed by atoms with Crippen LogP contribution in [0.15, 0.2) is 48.8 Å². The summed E-state index contributed by atoms with van der Waals surface area (Å²) in [5.74, 6) is -0.221. The van der Waals surface area contributed by atoms with Gasteiger partial charge in [0.2, 0.25) is 5.95 Å². The maximum Gasteiger partial charge on any atom is 0.344 e. The van der Waals surface area contributed by atoms with Gasteiger partial charge in [-0.2, -0.15) is 5.01 Å². The molecule has 2 aromatic rings. The molecule has 4 rings (SSSR count). The summed E-state index contributed by atoms with van der Waals surface area (Å²) in [4.78, 5) is 50.7. The first-order valence-corrected chi connectivity index (χ1v) is 10.3. The topological polar surface area (TPSA) is 111 Å². The zero-order chi connectivity index (χ0) is 21.8. The molecule has 1 aromatic carbocycles. The molecule has 4 amide bonds. The maximum atomic E-state index is 13.1. The molecule has 162 valence electrons. The third-order valence-corrected chi connectivity index (χ3v) is 5.70. The molecule has 0 bridgehead atoms. The van der Waals surface area contributed by atoms with Crippen molar-refractivity contribution in [3.8, 4) is 0 Å². The Morgan fingerprint density at radius 1 is 1.06 bits per heavy atom. The summed E-state index contributed by atoms with van der Waals surface area (Å²) < 4.78 is 0. The smallest absolute Gasteiger partial charge is 0.338 e. The fraction of sp³-hybridized carbons (Fsp3) is 0.381. The maximum absolute atomic E-state index is 13.1. The Bertz CT molecular complexity index is 948. The summed E-state index contributed by atoms with van der Waals surface area (Å²) in [6, 6.07) is 10.2. The largest absolute Gasteiger partial charge is 0.344 e. The van der Waals surface area contributed by atoms with Crippen molar-refractivity contribution in [3.63, 3.8) is 0 Å². The average molecular weight is 423 g/mol. The van der Waals surface area contributed by atoms with Crippen LogP contribution in [0.3, 0.4) is 0 Å². The van der Waals surface area contributed by atoms with E-state index >= 15 is 0 Å². The quantitative estimate of drug-likeness (QED) is 0.651. The standard InChI is InChI=1S/C21H25N7O3/c1-2-21(16-7-4-3-5-8-16)18(30)28(20(31)24-21)25-17(29)15-26-11-13-27(14-12-26)19-22-9-6-10-23-19/h3-10H,2,11-15H2,1H3,(H,24,31)(H,25,29). The monoisotopic (exact) mass is 423 g/mol. The molecule has 0 spiro atoms. The summed E-state index contributed by atoms with van der Waals surface area (Å²) in [5.41, 5.74) is 1.99. The molecule has 2 saturated heterocycles. The van der Waals surface area contributed by atoms with Gasteiger partial charge in [0.15, 0.2) is 0 Å². The van der Waals surface area contributed by atoms with Gasteiger partial charge in [0.05, 0.1) is 6.54 Å². The number of nitrogens with zero attached hydrogens (tertiary/aromatic N) is 5. The summed E-state index contributed by atoms with van der Waals surface area (Å²) in [6.45, 7) is 4.58. The lowest BCUT2D eigenvalue weighted by Gasteiger charge is -2.34. The van der Waals surface area contributed by atoms with E-state index in [0.29, 0.717) is 44.1 Å². The number of hydrazine groups is 1. The fourth-order valence-electron chi connectivity index (χ4n) is 3.96. The summed E-state index contributed by atoms with van der Waals surface area (Å²) in [6.07, 6.45) is 3.77. The second kappa shape index (κ2) is 8.68. The summed E-state index contributed by atoms with van der Waals surface area (Å²) in [5, 5.41) is 3.55. The molecule has 0 saturated carbocycles. The van der Waals surface area contributed by atoms with E-state index < -0.39 is 23.4 Å². The van der Waals surface area contributed by atoms with E-state index in [1.165, 1.54) is 0 Å². The third-order valence-electron chi connectivity index (χ3n) is 5.70. The van der Waals surface area contributed by atoms with Crippen LogP contribution in [0.1, 0.15) is 18.9 Å². The fourth-order valence-corrected chi connectivity index (χ4v) is 3.96. The zero-order valence-corrected chi connectivity index (χ0v) is 17.3. The number of nitrogens with one attached hydrogen (secondary N) is 2. The van der Waals surface area contributed by atoms with Gasteiger partial charge in [-0.05, 0) is 18.1 Å². The highest BCUT2D eigenvalue weighted by Crippen LogP contribution is 2.31. The van der Waals surface area contributed by atoms with Gasteiger partial charge < -0.3 is 10.2 Å². The van der Waals surface area contributed by atoms with Gasteiger partial charge in [-0.25, -0.2) is 14.8 Å². The molecule has 2 aliphatic rings. The Labute approximate surface area is 180 Å². The lowest BCUT2D eigenvalue weighted by molar-refractivity contribution is -0.139. The summed E-state index contributed by atoms with van der Waals surface area (Å²) >= 11 is 0. The van der Waals surface area contributed by atoms with E-state index in [4.69, 9.17) is 0 Å². The number of anilines is 1. The van der Waals surface area contributed by atoms with Crippen LogP contribution in [0.2, 0.25) is 0 Å². The van der Waals surface area contributed by atoms with Crippen LogP contribution < -0.4 is 15.6 Å². The molecule has 2 aliphatic heterocycles. The van der Waals surface area contributed by atoms with Crippen LogP contribution in [0.25, 0.3) is 0 Å². The van der Waals surface area contributed by atoms with Gasteiger partial charge in [0.1, 0.15) is 5.54 Å². The number of rotatable bonds is 6. The number of urea groups is 1. The number of hydrogen-bond donors (Lipinski definition) is 2. The molecule has 1 atom stereocenters. The number of piperazine rings is 1. The average Bonchev–Trinajstić information content (AvgIpc) is 3.06. The van der Waals surface area contributed by atoms with Gasteiger partial charge in [-0.3, -0.25) is 19.9 Å². The first kappa shape index (κ1) is 20.7. The van der Waals surface area contributed by atoms with Crippen molar-refractivity contribution in [2.45, 2.75) is 18.9 Å². The number of aromatic nitrogens is 2. The van der Waals surface area contributed by atoms with Crippen LogP contribution in [-0.4, -0.2) is 70.4 Å². The second-order valence-corrected chi connectivity index (χ2v) is 7.54. The molecule has 2 fully saturated rings. The van der Waals surface area contributed by atoms with E-state index in [9.17, 15) is 14.4 Å². The van der Waals surface area contributed by atoms with Crippen LogP contribution in [-0.2, 0) is 15.1 Å². The molecule has 1 aromatic heterocycles. The molecule has 31 heavy (non-hydrogen) atoms.